The smallest absolute Gasteiger partial charge is 0.243 e. The molecule has 1 atom stereocenters. The van der Waals surface area contributed by atoms with Gasteiger partial charge in [-0.2, -0.15) is 0 Å². The van der Waals surface area contributed by atoms with E-state index >= 15 is 0 Å². The van der Waals surface area contributed by atoms with Gasteiger partial charge in [0.1, 0.15) is 5.82 Å². The first kappa shape index (κ1) is 13.4. The Bertz CT molecular complexity index is 385. The van der Waals surface area contributed by atoms with Crippen molar-refractivity contribution in [3.05, 3.63) is 41.7 Å². The minimum atomic E-state index is -0.288. The molecule has 0 bridgehead atoms. The van der Waals surface area contributed by atoms with Crippen molar-refractivity contribution in [1.29, 1.82) is 0 Å². The van der Waals surface area contributed by atoms with Crippen LogP contribution >= 0.6 is 0 Å². The lowest BCUT2D eigenvalue weighted by atomic mass is 10.2. The number of rotatable bonds is 5. The quantitative estimate of drug-likeness (QED) is 0.764. The molecule has 0 heterocycles. The molecule has 1 rings (SSSR count). The number of hydrogen-bond acceptors (Lipinski definition) is 2. The summed E-state index contributed by atoms with van der Waals surface area (Å²) in [6, 6.07) is 6.01. The highest BCUT2D eigenvalue weighted by Gasteiger charge is 1.97. The van der Waals surface area contributed by atoms with Crippen LogP contribution in [0, 0.1) is 5.82 Å². The molecule has 0 aliphatic carbocycles. The molecule has 1 aromatic rings. The first-order valence-electron chi connectivity index (χ1n) is 5.55. The molecule has 92 valence electrons. The van der Waals surface area contributed by atoms with Crippen LogP contribution in [0.25, 0.3) is 6.08 Å². The SMILES string of the molecule is CC(N)CCNC(=O)C=Cc1ccc(F)cc1. The Hall–Kier alpha value is -1.68. The molecule has 0 aliphatic heterocycles. The summed E-state index contributed by atoms with van der Waals surface area (Å²) in [5.74, 6) is -0.460. The third-order valence-corrected chi connectivity index (χ3v) is 2.20. The second kappa shape index (κ2) is 6.81. The Balaban J connectivity index is 2.37. The maximum atomic E-state index is 12.6. The maximum absolute atomic E-state index is 12.6. The summed E-state index contributed by atoms with van der Waals surface area (Å²) in [5.41, 5.74) is 6.34. The van der Waals surface area contributed by atoms with Crippen LogP contribution in [0.15, 0.2) is 30.3 Å². The fourth-order valence-electron chi connectivity index (χ4n) is 1.23. The van der Waals surface area contributed by atoms with Gasteiger partial charge in [0.25, 0.3) is 0 Å². The van der Waals surface area contributed by atoms with E-state index in [4.69, 9.17) is 5.73 Å². The van der Waals surface area contributed by atoms with Gasteiger partial charge in [0.2, 0.25) is 5.91 Å². The van der Waals surface area contributed by atoms with Crippen molar-refractivity contribution >= 4 is 12.0 Å². The lowest BCUT2D eigenvalue weighted by molar-refractivity contribution is -0.116. The molecule has 0 spiro atoms. The van der Waals surface area contributed by atoms with Crippen molar-refractivity contribution in [3.8, 4) is 0 Å². The van der Waals surface area contributed by atoms with Crippen LogP contribution in [-0.4, -0.2) is 18.5 Å². The fraction of sp³-hybridized carbons (Fsp3) is 0.308. The van der Waals surface area contributed by atoms with E-state index in [0.29, 0.717) is 6.54 Å². The van der Waals surface area contributed by atoms with E-state index in [9.17, 15) is 9.18 Å². The van der Waals surface area contributed by atoms with Crippen LogP contribution in [0.5, 0.6) is 0 Å². The molecular formula is C13H17FN2O. The van der Waals surface area contributed by atoms with Crippen molar-refractivity contribution in [2.75, 3.05) is 6.54 Å². The number of benzene rings is 1. The predicted molar refractivity (Wildman–Crippen MR) is 66.7 cm³/mol. The normalized spacial score (nSPS) is 12.6. The monoisotopic (exact) mass is 236 g/mol. The number of halogens is 1. The molecule has 17 heavy (non-hydrogen) atoms. The molecule has 1 amide bonds. The zero-order chi connectivity index (χ0) is 12.7. The summed E-state index contributed by atoms with van der Waals surface area (Å²) in [6.07, 6.45) is 3.81. The average molecular weight is 236 g/mol. The molecule has 0 saturated carbocycles. The minimum Gasteiger partial charge on any atom is -0.352 e. The second-order valence-electron chi connectivity index (χ2n) is 3.94. The van der Waals surface area contributed by atoms with Gasteiger partial charge in [0, 0.05) is 18.7 Å². The van der Waals surface area contributed by atoms with Crippen LogP contribution in [-0.2, 0) is 4.79 Å². The van der Waals surface area contributed by atoms with E-state index in [2.05, 4.69) is 5.32 Å². The Labute approximate surface area is 101 Å². The molecule has 0 aliphatic rings. The van der Waals surface area contributed by atoms with Crippen molar-refractivity contribution in [3.63, 3.8) is 0 Å². The van der Waals surface area contributed by atoms with Gasteiger partial charge in [0.05, 0.1) is 0 Å². The van der Waals surface area contributed by atoms with E-state index in [1.54, 1.807) is 18.2 Å². The molecule has 1 aromatic carbocycles. The molecule has 0 radical (unpaired) electrons. The van der Waals surface area contributed by atoms with Crippen molar-refractivity contribution in [2.45, 2.75) is 19.4 Å². The molecule has 0 fully saturated rings. The fourth-order valence-corrected chi connectivity index (χ4v) is 1.23. The third-order valence-electron chi connectivity index (χ3n) is 2.20. The van der Waals surface area contributed by atoms with Crippen LogP contribution in [0.3, 0.4) is 0 Å². The molecule has 3 nitrogen and oxygen atoms in total. The van der Waals surface area contributed by atoms with E-state index in [1.807, 2.05) is 6.92 Å². The minimum absolute atomic E-state index is 0.0800. The van der Waals surface area contributed by atoms with Crippen molar-refractivity contribution < 1.29 is 9.18 Å². The van der Waals surface area contributed by atoms with E-state index in [0.717, 1.165) is 12.0 Å². The molecular weight excluding hydrogens is 219 g/mol. The van der Waals surface area contributed by atoms with Gasteiger partial charge >= 0.3 is 0 Å². The van der Waals surface area contributed by atoms with Gasteiger partial charge in [-0.25, -0.2) is 4.39 Å². The summed E-state index contributed by atoms with van der Waals surface area (Å²) >= 11 is 0. The molecule has 0 saturated heterocycles. The van der Waals surface area contributed by atoms with E-state index in [1.165, 1.54) is 18.2 Å². The van der Waals surface area contributed by atoms with Gasteiger partial charge in [-0.05, 0) is 37.1 Å². The first-order valence-corrected chi connectivity index (χ1v) is 5.55. The van der Waals surface area contributed by atoms with Crippen LogP contribution in [0.2, 0.25) is 0 Å². The van der Waals surface area contributed by atoms with Crippen molar-refractivity contribution in [2.24, 2.45) is 5.73 Å². The lowest BCUT2D eigenvalue weighted by Gasteiger charge is -2.04. The summed E-state index contributed by atoms with van der Waals surface area (Å²) in [5, 5.41) is 2.72. The average Bonchev–Trinajstić information content (AvgIpc) is 2.28. The Morgan fingerprint density at radius 3 is 2.71 bits per heavy atom. The summed E-state index contributed by atoms with van der Waals surface area (Å²) in [6.45, 7) is 2.45. The van der Waals surface area contributed by atoms with Crippen LogP contribution in [0.4, 0.5) is 4.39 Å². The summed E-state index contributed by atoms with van der Waals surface area (Å²) in [7, 11) is 0. The highest BCUT2D eigenvalue weighted by molar-refractivity contribution is 5.91. The Kier molecular flexibility index (Phi) is 5.36. The number of carbonyl (C=O) groups is 1. The van der Waals surface area contributed by atoms with Crippen LogP contribution in [0.1, 0.15) is 18.9 Å². The van der Waals surface area contributed by atoms with Gasteiger partial charge in [-0.1, -0.05) is 12.1 Å². The zero-order valence-corrected chi connectivity index (χ0v) is 9.82. The van der Waals surface area contributed by atoms with Crippen LogP contribution < -0.4 is 11.1 Å². The second-order valence-corrected chi connectivity index (χ2v) is 3.94. The number of carbonyl (C=O) groups excluding carboxylic acids is 1. The largest absolute Gasteiger partial charge is 0.352 e. The number of nitrogens with one attached hydrogen (secondary N) is 1. The molecule has 1 unspecified atom stereocenters. The van der Waals surface area contributed by atoms with E-state index in [-0.39, 0.29) is 17.8 Å². The van der Waals surface area contributed by atoms with Crippen molar-refractivity contribution in [1.82, 2.24) is 5.32 Å². The first-order chi connectivity index (χ1) is 8.08. The Morgan fingerprint density at radius 2 is 2.12 bits per heavy atom. The molecule has 0 aromatic heterocycles. The van der Waals surface area contributed by atoms with Gasteiger partial charge < -0.3 is 11.1 Å². The zero-order valence-electron chi connectivity index (χ0n) is 9.82. The summed E-state index contributed by atoms with van der Waals surface area (Å²) < 4.78 is 12.6. The topological polar surface area (TPSA) is 55.1 Å². The number of amides is 1. The van der Waals surface area contributed by atoms with Gasteiger partial charge in [0.15, 0.2) is 0 Å². The maximum Gasteiger partial charge on any atom is 0.243 e. The number of hydrogen-bond donors (Lipinski definition) is 2. The summed E-state index contributed by atoms with van der Waals surface area (Å²) in [4.78, 5) is 11.4. The Morgan fingerprint density at radius 1 is 1.47 bits per heavy atom. The lowest BCUT2D eigenvalue weighted by Crippen LogP contribution is -2.27. The highest BCUT2D eigenvalue weighted by Crippen LogP contribution is 2.04. The third kappa shape index (κ3) is 5.82. The predicted octanol–water partition coefficient (Wildman–Crippen LogP) is 1.69. The van der Waals surface area contributed by atoms with Gasteiger partial charge in [-0.3, -0.25) is 4.79 Å². The van der Waals surface area contributed by atoms with Gasteiger partial charge in [-0.15, -0.1) is 0 Å². The standard InChI is InChI=1S/C13H17FN2O/c1-10(15)8-9-16-13(17)7-4-11-2-5-12(14)6-3-11/h2-7,10H,8-9,15H2,1H3,(H,16,17). The molecule has 4 heteroatoms. The number of nitrogens with two attached hydrogens (primary N) is 1. The van der Waals surface area contributed by atoms with E-state index < -0.39 is 0 Å². The highest BCUT2D eigenvalue weighted by atomic mass is 19.1. The molecule has 3 N–H and O–H groups in total.